The Hall–Kier alpha value is -1.06. The summed E-state index contributed by atoms with van der Waals surface area (Å²) in [5.41, 5.74) is 0.950. The van der Waals surface area contributed by atoms with E-state index in [1.165, 1.54) is 37.7 Å². The second kappa shape index (κ2) is 7.01. The molecule has 1 aliphatic heterocycles. The summed E-state index contributed by atoms with van der Waals surface area (Å²) < 4.78 is 5.17. The first-order valence-corrected chi connectivity index (χ1v) is 8.75. The number of piperidine rings is 1. The number of carbonyl (C=O) groups excluding carboxylic acids is 1. The van der Waals surface area contributed by atoms with Crippen LogP contribution in [0, 0.1) is 0 Å². The SMILES string of the molecule is O=C(Cl)OC1CCN(C2(c3ccccc3)CCCCC2)CC1. The predicted molar refractivity (Wildman–Crippen MR) is 88.1 cm³/mol. The summed E-state index contributed by atoms with van der Waals surface area (Å²) in [7, 11) is 0. The van der Waals surface area contributed by atoms with Gasteiger partial charge in [-0.2, -0.15) is 0 Å². The number of halogens is 1. The van der Waals surface area contributed by atoms with Crippen LogP contribution >= 0.6 is 11.6 Å². The summed E-state index contributed by atoms with van der Waals surface area (Å²) in [5.74, 6) is 0. The molecule has 4 heteroatoms. The molecule has 0 amide bonds. The summed E-state index contributed by atoms with van der Waals surface area (Å²) >= 11 is 5.34. The van der Waals surface area contributed by atoms with Gasteiger partial charge in [-0.05, 0) is 31.2 Å². The lowest BCUT2D eigenvalue weighted by atomic mass is 9.74. The number of hydrogen-bond donors (Lipinski definition) is 0. The monoisotopic (exact) mass is 321 g/mol. The molecule has 120 valence electrons. The van der Waals surface area contributed by atoms with Crippen LogP contribution in [-0.2, 0) is 10.3 Å². The van der Waals surface area contributed by atoms with Crippen molar-refractivity contribution in [2.45, 2.75) is 56.6 Å². The summed E-state index contributed by atoms with van der Waals surface area (Å²) in [6.45, 7) is 1.95. The van der Waals surface area contributed by atoms with E-state index in [4.69, 9.17) is 16.3 Å². The van der Waals surface area contributed by atoms with Gasteiger partial charge in [-0.15, -0.1) is 0 Å². The smallest absolute Gasteiger partial charge is 0.404 e. The Morgan fingerprint density at radius 3 is 2.32 bits per heavy atom. The Labute approximate surface area is 137 Å². The van der Waals surface area contributed by atoms with Crippen molar-refractivity contribution in [1.29, 1.82) is 0 Å². The second-order valence-corrected chi connectivity index (χ2v) is 6.81. The fourth-order valence-electron chi connectivity index (χ4n) is 4.21. The quantitative estimate of drug-likeness (QED) is 0.757. The molecule has 1 aliphatic carbocycles. The highest BCUT2D eigenvalue weighted by Crippen LogP contribution is 2.43. The van der Waals surface area contributed by atoms with E-state index in [0.29, 0.717) is 0 Å². The van der Waals surface area contributed by atoms with Gasteiger partial charge in [-0.25, -0.2) is 4.79 Å². The maximum atomic E-state index is 10.9. The Morgan fingerprint density at radius 2 is 1.73 bits per heavy atom. The minimum Gasteiger partial charge on any atom is -0.450 e. The van der Waals surface area contributed by atoms with Crippen LogP contribution in [0.2, 0.25) is 0 Å². The zero-order valence-electron chi connectivity index (χ0n) is 13.0. The molecule has 1 saturated heterocycles. The lowest BCUT2D eigenvalue weighted by Gasteiger charge is -2.49. The van der Waals surface area contributed by atoms with Gasteiger partial charge in [0.2, 0.25) is 0 Å². The van der Waals surface area contributed by atoms with E-state index >= 15 is 0 Å². The third-order valence-electron chi connectivity index (χ3n) is 5.30. The molecule has 22 heavy (non-hydrogen) atoms. The molecule has 1 saturated carbocycles. The first-order valence-electron chi connectivity index (χ1n) is 8.37. The highest BCUT2D eigenvalue weighted by atomic mass is 35.5. The van der Waals surface area contributed by atoms with Gasteiger partial charge in [-0.3, -0.25) is 4.90 Å². The van der Waals surface area contributed by atoms with E-state index in [1.807, 2.05) is 0 Å². The topological polar surface area (TPSA) is 29.5 Å². The summed E-state index contributed by atoms with van der Waals surface area (Å²) in [5, 5.41) is 0. The van der Waals surface area contributed by atoms with E-state index in [1.54, 1.807) is 0 Å². The molecule has 0 radical (unpaired) electrons. The summed E-state index contributed by atoms with van der Waals surface area (Å²) in [4.78, 5) is 13.5. The first kappa shape index (κ1) is 15.8. The van der Waals surface area contributed by atoms with Crippen molar-refractivity contribution >= 4 is 17.0 Å². The molecule has 2 aliphatic rings. The van der Waals surface area contributed by atoms with Gasteiger partial charge in [0.25, 0.3) is 0 Å². The van der Waals surface area contributed by atoms with Crippen molar-refractivity contribution < 1.29 is 9.53 Å². The highest BCUT2D eigenvalue weighted by molar-refractivity contribution is 6.61. The van der Waals surface area contributed by atoms with E-state index < -0.39 is 5.43 Å². The van der Waals surface area contributed by atoms with Gasteiger partial charge in [-0.1, -0.05) is 49.6 Å². The Morgan fingerprint density at radius 1 is 1.09 bits per heavy atom. The van der Waals surface area contributed by atoms with E-state index in [-0.39, 0.29) is 11.6 Å². The minimum atomic E-state index is -0.672. The summed E-state index contributed by atoms with van der Waals surface area (Å²) in [6.07, 6.45) is 8.15. The minimum absolute atomic E-state index is 0.0161. The largest absolute Gasteiger partial charge is 0.450 e. The van der Waals surface area contributed by atoms with Crippen molar-refractivity contribution in [2.75, 3.05) is 13.1 Å². The number of hydrogen-bond acceptors (Lipinski definition) is 3. The van der Waals surface area contributed by atoms with Crippen molar-refractivity contribution in [3.05, 3.63) is 35.9 Å². The number of nitrogens with zero attached hydrogens (tertiary/aromatic N) is 1. The zero-order chi connectivity index (χ0) is 15.4. The Balaban J connectivity index is 1.75. The molecule has 1 heterocycles. The third kappa shape index (κ3) is 3.31. The number of ether oxygens (including phenoxy) is 1. The average molecular weight is 322 g/mol. The van der Waals surface area contributed by atoms with Crippen LogP contribution in [0.3, 0.4) is 0 Å². The van der Waals surface area contributed by atoms with Gasteiger partial charge in [0.1, 0.15) is 6.10 Å². The molecule has 3 nitrogen and oxygen atoms in total. The van der Waals surface area contributed by atoms with Crippen LogP contribution in [0.15, 0.2) is 30.3 Å². The fourth-order valence-corrected chi connectivity index (χ4v) is 4.33. The van der Waals surface area contributed by atoms with E-state index in [9.17, 15) is 4.79 Å². The Bertz CT molecular complexity index is 491. The van der Waals surface area contributed by atoms with Crippen LogP contribution < -0.4 is 0 Å². The van der Waals surface area contributed by atoms with Crippen LogP contribution in [0.5, 0.6) is 0 Å². The molecule has 0 aromatic heterocycles. The molecule has 2 fully saturated rings. The molecule has 0 spiro atoms. The van der Waals surface area contributed by atoms with Crippen LogP contribution in [0.1, 0.15) is 50.5 Å². The standard InChI is InChI=1S/C18H24ClNO2/c19-17(21)22-16-9-13-20(14-10-16)18(11-5-2-6-12-18)15-7-3-1-4-8-15/h1,3-4,7-8,16H,2,5-6,9-14H2. The number of benzene rings is 1. The van der Waals surface area contributed by atoms with Crippen molar-refractivity contribution in [2.24, 2.45) is 0 Å². The second-order valence-electron chi connectivity index (χ2n) is 6.50. The molecule has 1 aromatic carbocycles. The zero-order valence-corrected chi connectivity index (χ0v) is 13.7. The van der Waals surface area contributed by atoms with Gasteiger partial charge < -0.3 is 4.74 Å². The third-order valence-corrected chi connectivity index (χ3v) is 5.39. The van der Waals surface area contributed by atoms with E-state index in [0.717, 1.165) is 25.9 Å². The maximum absolute atomic E-state index is 10.9. The van der Waals surface area contributed by atoms with Gasteiger partial charge >= 0.3 is 5.43 Å². The molecule has 0 unspecified atom stereocenters. The predicted octanol–water partition coefficient (Wildman–Crippen LogP) is 4.69. The van der Waals surface area contributed by atoms with Crippen LogP contribution in [0.4, 0.5) is 4.79 Å². The first-order chi connectivity index (χ1) is 10.7. The van der Waals surface area contributed by atoms with E-state index in [2.05, 4.69) is 35.2 Å². The van der Waals surface area contributed by atoms with Crippen LogP contribution in [0.25, 0.3) is 0 Å². The Kier molecular flexibility index (Phi) is 5.04. The molecule has 0 bridgehead atoms. The highest BCUT2D eigenvalue weighted by Gasteiger charge is 2.41. The molecule has 3 rings (SSSR count). The molecular weight excluding hydrogens is 298 g/mol. The van der Waals surface area contributed by atoms with Crippen molar-refractivity contribution in [1.82, 2.24) is 4.90 Å². The average Bonchev–Trinajstić information content (AvgIpc) is 2.56. The lowest BCUT2D eigenvalue weighted by molar-refractivity contribution is -0.00964. The molecule has 0 atom stereocenters. The maximum Gasteiger partial charge on any atom is 0.404 e. The van der Waals surface area contributed by atoms with Gasteiger partial charge in [0.15, 0.2) is 0 Å². The normalized spacial score (nSPS) is 23.1. The lowest BCUT2D eigenvalue weighted by Crippen LogP contribution is -2.52. The number of likely N-dealkylation sites (tertiary alicyclic amines) is 1. The number of rotatable bonds is 3. The van der Waals surface area contributed by atoms with Gasteiger partial charge in [0, 0.05) is 30.2 Å². The van der Waals surface area contributed by atoms with Crippen molar-refractivity contribution in [3.8, 4) is 0 Å². The molecular formula is C18H24ClNO2. The fraction of sp³-hybridized carbons (Fsp3) is 0.611. The molecule has 0 N–H and O–H groups in total. The number of carbonyl (C=O) groups is 1. The van der Waals surface area contributed by atoms with Crippen LogP contribution in [-0.4, -0.2) is 29.5 Å². The van der Waals surface area contributed by atoms with Gasteiger partial charge in [0.05, 0.1) is 0 Å². The summed E-state index contributed by atoms with van der Waals surface area (Å²) in [6, 6.07) is 10.9. The van der Waals surface area contributed by atoms with Crippen molar-refractivity contribution in [3.63, 3.8) is 0 Å². The molecule has 1 aromatic rings.